The van der Waals surface area contributed by atoms with Gasteiger partial charge in [0.25, 0.3) is 0 Å². The molecule has 0 aromatic heterocycles. The minimum atomic E-state index is -0.369. The van der Waals surface area contributed by atoms with Crippen LogP contribution in [0.3, 0.4) is 0 Å². The third-order valence-corrected chi connectivity index (χ3v) is 4.40. The van der Waals surface area contributed by atoms with Crippen LogP contribution in [0.5, 0.6) is 11.5 Å². The summed E-state index contributed by atoms with van der Waals surface area (Å²) in [5.74, 6) is 0.936. The van der Waals surface area contributed by atoms with Gasteiger partial charge in [0.1, 0.15) is 12.4 Å². The number of hydrogen-bond acceptors (Lipinski definition) is 4. The number of nitrogens with one attached hydrogen (secondary N) is 1. The molecule has 0 saturated carbocycles. The summed E-state index contributed by atoms with van der Waals surface area (Å²) in [5.41, 5.74) is 1.82. The summed E-state index contributed by atoms with van der Waals surface area (Å²) in [4.78, 5) is 0. The molecular formula is C21H27ClFNO3. The summed E-state index contributed by atoms with van der Waals surface area (Å²) >= 11 is 6.05. The Kier molecular flexibility index (Phi) is 9.39. The predicted molar refractivity (Wildman–Crippen MR) is 106 cm³/mol. The molecule has 0 bridgehead atoms. The Labute approximate surface area is 165 Å². The molecule has 0 aliphatic rings. The van der Waals surface area contributed by atoms with Gasteiger partial charge in [-0.25, -0.2) is 4.39 Å². The quantitative estimate of drug-likeness (QED) is 0.511. The maximum atomic E-state index is 13.1. The van der Waals surface area contributed by atoms with E-state index in [1.165, 1.54) is 12.1 Å². The van der Waals surface area contributed by atoms with Gasteiger partial charge in [0, 0.05) is 18.7 Å². The van der Waals surface area contributed by atoms with Crippen molar-refractivity contribution in [3.05, 3.63) is 58.4 Å². The van der Waals surface area contributed by atoms with Crippen LogP contribution in [-0.2, 0) is 13.2 Å². The fraction of sp³-hybridized carbons (Fsp3) is 0.429. The van der Waals surface area contributed by atoms with Gasteiger partial charge < -0.3 is 19.9 Å². The molecule has 0 saturated heterocycles. The number of aliphatic hydroxyl groups excluding tert-OH is 1. The maximum Gasteiger partial charge on any atom is 0.161 e. The van der Waals surface area contributed by atoms with Crippen molar-refractivity contribution in [1.29, 1.82) is 0 Å². The zero-order valence-corrected chi connectivity index (χ0v) is 16.4. The van der Waals surface area contributed by atoms with Crippen molar-refractivity contribution in [2.75, 3.05) is 19.8 Å². The minimum Gasteiger partial charge on any atom is -0.490 e. The smallest absolute Gasteiger partial charge is 0.161 e. The van der Waals surface area contributed by atoms with Crippen LogP contribution in [0, 0.1) is 5.82 Å². The molecule has 0 unspecified atom stereocenters. The molecule has 0 radical (unpaired) electrons. The summed E-state index contributed by atoms with van der Waals surface area (Å²) in [6.07, 6.45) is 2.91. The molecule has 6 heteroatoms. The fourth-order valence-corrected chi connectivity index (χ4v) is 2.84. The second-order valence-electron chi connectivity index (χ2n) is 6.20. The summed E-state index contributed by atoms with van der Waals surface area (Å²) in [7, 11) is 0. The lowest BCUT2D eigenvalue weighted by Gasteiger charge is -2.14. The van der Waals surface area contributed by atoms with Crippen molar-refractivity contribution in [3.8, 4) is 11.5 Å². The van der Waals surface area contributed by atoms with Crippen LogP contribution >= 0.6 is 11.6 Å². The van der Waals surface area contributed by atoms with Crippen LogP contribution in [0.15, 0.2) is 36.4 Å². The molecule has 0 atom stereocenters. The van der Waals surface area contributed by atoms with Crippen molar-refractivity contribution in [3.63, 3.8) is 0 Å². The van der Waals surface area contributed by atoms with E-state index < -0.39 is 0 Å². The third-order valence-electron chi connectivity index (χ3n) is 4.05. The molecule has 0 fully saturated rings. The predicted octanol–water partition coefficient (Wildman–Crippen LogP) is 4.71. The molecule has 4 nitrogen and oxygen atoms in total. The van der Waals surface area contributed by atoms with E-state index in [-0.39, 0.29) is 19.0 Å². The topological polar surface area (TPSA) is 50.7 Å². The van der Waals surface area contributed by atoms with Crippen LogP contribution in [0.4, 0.5) is 4.39 Å². The fourth-order valence-electron chi connectivity index (χ4n) is 2.62. The van der Waals surface area contributed by atoms with Gasteiger partial charge in [-0.2, -0.15) is 0 Å². The van der Waals surface area contributed by atoms with E-state index in [0.29, 0.717) is 28.7 Å². The number of aliphatic hydroxyl groups is 1. The summed E-state index contributed by atoms with van der Waals surface area (Å²) in [5, 5.41) is 12.5. The molecule has 0 heterocycles. The monoisotopic (exact) mass is 395 g/mol. The minimum absolute atomic E-state index is 0.238. The van der Waals surface area contributed by atoms with E-state index >= 15 is 0 Å². The lowest BCUT2D eigenvalue weighted by molar-refractivity contribution is 0.269. The van der Waals surface area contributed by atoms with Crippen molar-refractivity contribution < 1.29 is 19.0 Å². The maximum absolute atomic E-state index is 13.1. The molecule has 2 aromatic rings. The van der Waals surface area contributed by atoms with Crippen LogP contribution in [0.2, 0.25) is 5.02 Å². The molecule has 2 rings (SSSR count). The molecule has 2 aromatic carbocycles. The average Bonchev–Trinajstić information content (AvgIpc) is 2.65. The van der Waals surface area contributed by atoms with Crippen molar-refractivity contribution in [1.82, 2.24) is 5.32 Å². The van der Waals surface area contributed by atoms with Gasteiger partial charge >= 0.3 is 0 Å². The SMILES string of the molecule is CCOc1cc(CNCCCCCO)ccc1OCc1ccc(F)cc1Cl. The standard InChI is InChI=1S/C21H27ClFNO3/c1-2-26-21-12-16(14-24-10-4-3-5-11-25)6-9-20(21)27-15-17-7-8-18(23)13-19(17)22/h6-9,12-13,24-25H,2-5,10-11,14-15H2,1H3. The van der Waals surface area contributed by atoms with Crippen molar-refractivity contribution >= 4 is 11.6 Å². The van der Waals surface area contributed by atoms with Crippen LogP contribution in [-0.4, -0.2) is 24.9 Å². The van der Waals surface area contributed by atoms with Gasteiger partial charge in [0.05, 0.1) is 11.6 Å². The zero-order valence-electron chi connectivity index (χ0n) is 15.6. The second-order valence-corrected chi connectivity index (χ2v) is 6.61. The molecule has 0 aliphatic heterocycles. The van der Waals surface area contributed by atoms with Crippen molar-refractivity contribution in [2.24, 2.45) is 0 Å². The highest BCUT2D eigenvalue weighted by atomic mass is 35.5. The number of ether oxygens (including phenoxy) is 2. The highest BCUT2D eigenvalue weighted by molar-refractivity contribution is 6.31. The Morgan fingerprint density at radius 3 is 2.63 bits per heavy atom. The number of unbranched alkanes of at least 4 members (excludes halogenated alkanes) is 2. The number of rotatable bonds is 12. The number of halogens is 2. The zero-order chi connectivity index (χ0) is 19.5. The Morgan fingerprint density at radius 2 is 1.89 bits per heavy atom. The van der Waals surface area contributed by atoms with E-state index in [1.54, 1.807) is 6.07 Å². The molecule has 27 heavy (non-hydrogen) atoms. The normalized spacial score (nSPS) is 10.8. The van der Waals surface area contributed by atoms with Crippen LogP contribution < -0.4 is 14.8 Å². The molecule has 0 aliphatic carbocycles. The van der Waals surface area contributed by atoms with Gasteiger partial charge in [-0.15, -0.1) is 0 Å². The summed E-state index contributed by atoms with van der Waals surface area (Å²) in [6, 6.07) is 10.1. The highest BCUT2D eigenvalue weighted by Crippen LogP contribution is 2.30. The third kappa shape index (κ3) is 7.37. The molecular weight excluding hydrogens is 369 g/mol. The van der Waals surface area contributed by atoms with Crippen LogP contribution in [0.25, 0.3) is 0 Å². The lowest BCUT2D eigenvalue weighted by atomic mass is 10.2. The largest absolute Gasteiger partial charge is 0.490 e. The Bertz CT molecular complexity index is 712. The summed E-state index contributed by atoms with van der Waals surface area (Å²) in [6.45, 7) is 4.59. The van der Waals surface area contributed by atoms with E-state index in [2.05, 4.69) is 5.32 Å². The van der Waals surface area contributed by atoms with E-state index in [0.717, 1.165) is 37.9 Å². The molecule has 148 valence electrons. The number of benzene rings is 2. The summed E-state index contributed by atoms with van der Waals surface area (Å²) < 4.78 is 24.7. The van der Waals surface area contributed by atoms with Gasteiger partial charge in [0.2, 0.25) is 0 Å². The Hall–Kier alpha value is -1.82. The average molecular weight is 396 g/mol. The number of hydrogen-bond donors (Lipinski definition) is 2. The van der Waals surface area contributed by atoms with E-state index in [9.17, 15) is 4.39 Å². The van der Waals surface area contributed by atoms with Crippen LogP contribution in [0.1, 0.15) is 37.3 Å². The Balaban J connectivity index is 1.93. The van der Waals surface area contributed by atoms with E-state index in [4.69, 9.17) is 26.2 Å². The second kappa shape index (κ2) is 11.8. The molecule has 0 spiro atoms. The first-order valence-corrected chi connectivity index (χ1v) is 9.66. The van der Waals surface area contributed by atoms with Gasteiger partial charge in [-0.1, -0.05) is 23.7 Å². The molecule has 2 N–H and O–H groups in total. The van der Waals surface area contributed by atoms with Gasteiger partial charge in [0.15, 0.2) is 11.5 Å². The van der Waals surface area contributed by atoms with E-state index in [1.807, 2.05) is 25.1 Å². The first-order valence-electron chi connectivity index (χ1n) is 9.28. The lowest BCUT2D eigenvalue weighted by Crippen LogP contribution is -2.15. The van der Waals surface area contributed by atoms with Crippen molar-refractivity contribution in [2.45, 2.75) is 39.3 Å². The first-order chi connectivity index (χ1) is 13.1. The van der Waals surface area contributed by atoms with Gasteiger partial charge in [-0.3, -0.25) is 0 Å². The first kappa shape index (κ1) is 21.5. The Morgan fingerprint density at radius 1 is 1.04 bits per heavy atom. The highest BCUT2D eigenvalue weighted by Gasteiger charge is 2.09. The molecule has 0 amide bonds. The van der Waals surface area contributed by atoms with Gasteiger partial charge in [-0.05, 0) is 62.6 Å².